The van der Waals surface area contributed by atoms with Crippen LogP contribution in [-0.4, -0.2) is 22.9 Å². The zero-order valence-electron chi connectivity index (χ0n) is 10.5. The number of amides is 1. The van der Waals surface area contributed by atoms with Gasteiger partial charge in [0, 0.05) is 17.8 Å². The second kappa shape index (κ2) is 5.31. The van der Waals surface area contributed by atoms with Gasteiger partial charge in [0.15, 0.2) is 0 Å². The van der Waals surface area contributed by atoms with Crippen LogP contribution in [0.4, 0.5) is 17.1 Å². The summed E-state index contributed by atoms with van der Waals surface area (Å²) in [5.74, 6) is -0.0646. The van der Waals surface area contributed by atoms with Gasteiger partial charge in [0.25, 0.3) is 11.6 Å². The number of carbonyl (C=O) groups is 1. The van der Waals surface area contributed by atoms with Crippen molar-refractivity contribution in [2.45, 2.75) is 0 Å². The van der Waals surface area contributed by atoms with Crippen molar-refractivity contribution < 1.29 is 14.5 Å². The molecule has 0 saturated carbocycles. The van der Waals surface area contributed by atoms with E-state index >= 15 is 0 Å². The summed E-state index contributed by atoms with van der Waals surface area (Å²) in [5.41, 5.74) is 6.49. The van der Waals surface area contributed by atoms with Crippen molar-refractivity contribution in [3.8, 4) is 5.75 Å². The van der Waals surface area contributed by atoms with Gasteiger partial charge < -0.3 is 20.8 Å². The van der Waals surface area contributed by atoms with Crippen molar-refractivity contribution in [1.82, 2.24) is 4.98 Å². The van der Waals surface area contributed by atoms with E-state index in [0.29, 0.717) is 17.1 Å². The highest BCUT2D eigenvalue weighted by Crippen LogP contribution is 2.25. The van der Waals surface area contributed by atoms with Gasteiger partial charge in [-0.1, -0.05) is 0 Å². The molecule has 2 rings (SSSR count). The standard InChI is InChI=1S/C12H12N4O4/c1-20-11-4-7(2-3-9(11)13)15-12(17)10-5-8(6-14-10)16(18)19/h2-6,14H,13H2,1H3,(H,15,17). The van der Waals surface area contributed by atoms with Crippen molar-refractivity contribution in [3.63, 3.8) is 0 Å². The molecule has 0 saturated heterocycles. The maximum Gasteiger partial charge on any atom is 0.287 e. The summed E-state index contributed by atoms with van der Waals surface area (Å²) >= 11 is 0. The lowest BCUT2D eigenvalue weighted by Gasteiger charge is -2.08. The largest absolute Gasteiger partial charge is 0.495 e. The maximum atomic E-state index is 11.9. The number of nitrogen functional groups attached to an aromatic ring is 1. The van der Waals surface area contributed by atoms with Crippen LogP contribution in [0.5, 0.6) is 5.75 Å². The molecule has 0 aliphatic heterocycles. The van der Waals surface area contributed by atoms with E-state index < -0.39 is 10.8 Å². The first-order valence-electron chi connectivity index (χ1n) is 5.59. The predicted molar refractivity (Wildman–Crippen MR) is 72.8 cm³/mol. The van der Waals surface area contributed by atoms with E-state index in [1.165, 1.54) is 7.11 Å². The van der Waals surface area contributed by atoms with E-state index in [0.717, 1.165) is 12.3 Å². The lowest BCUT2D eigenvalue weighted by atomic mass is 10.2. The third kappa shape index (κ3) is 2.69. The molecule has 8 nitrogen and oxygen atoms in total. The Kier molecular flexibility index (Phi) is 3.56. The first kappa shape index (κ1) is 13.4. The molecule has 0 unspecified atom stereocenters. The number of ether oxygens (including phenoxy) is 1. The summed E-state index contributed by atoms with van der Waals surface area (Å²) in [7, 11) is 1.46. The number of hydrogen-bond donors (Lipinski definition) is 3. The molecule has 0 aliphatic carbocycles. The Morgan fingerprint density at radius 2 is 2.20 bits per heavy atom. The first-order valence-corrected chi connectivity index (χ1v) is 5.59. The zero-order chi connectivity index (χ0) is 14.7. The van der Waals surface area contributed by atoms with Gasteiger partial charge in [0.1, 0.15) is 11.4 Å². The molecule has 1 heterocycles. The highest BCUT2D eigenvalue weighted by atomic mass is 16.6. The van der Waals surface area contributed by atoms with Crippen LogP contribution in [0.15, 0.2) is 30.5 Å². The topological polar surface area (TPSA) is 123 Å². The van der Waals surface area contributed by atoms with Crippen LogP contribution in [0.2, 0.25) is 0 Å². The van der Waals surface area contributed by atoms with Crippen LogP contribution in [-0.2, 0) is 0 Å². The Balaban J connectivity index is 2.16. The fourth-order valence-electron chi connectivity index (χ4n) is 1.61. The summed E-state index contributed by atoms with van der Waals surface area (Å²) in [6, 6.07) is 5.91. The molecule has 0 bridgehead atoms. The van der Waals surface area contributed by atoms with Crippen LogP contribution in [0.3, 0.4) is 0 Å². The van der Waals surface area contributed by atoms with Crippen molar-refractivity contribution in [1.29, 1.82) is 0 Å². The van der Waals surface area contributed by atoms with Gasteiger partial charge in [-0.3, -0.25) is 14.9 Å². The third-order valence-corrected chi connectivity index (χ3v) is 2.61. The minimum atomic E-state index is -0.584. The van der Waals surface area contributed by atoms with Crippen LogP contribution >= 0.6 is 0 Å². The normalized spacial score (nSPS) is 10.1. The lowest BCUT2D eigenvalue weighted by Crippen LogP contribution is -2.12. The van der Waals surface area contributed by atoms with Gasteiger partial charge in [0.2, 0.25) is 0 Å². The average Bonchev–Trinajstić information content (AvgIpc) is 2.91. The molecule has 20 heavy (non-hydrogen) atoms. The van der Waals surface area contributed by atoms with Crippen LogP contribution < -0.4 is 15.8 Å². The second-order valence-electron chi connectivity index (χ2n) is 3.94. The number of nitrogens with two attached hydrogens (primary N) is 1. The fourth-order valence-corrected chi connectivity index (χ4v) is 1.61. The van der Waals surface area contributed by atoms with E-state index in [4.69, 9.17) is 10.5 Å². The molecule has 4 N–H and O–H groups in total. The Hall–Kier alpha value is -3.03. The fraction of sp³-hybridized carbons (Fsp3) is 0.0833. The minimum absolute atomic E-state index is 0.0903. The van der Waals surface area contributed by atoms with Gasteiger partial charge in [-0.2, -0.15) is 0 Å². The van der Waals surface area contributed by atoms with Crippen LogP contribution in [0.25, 0.3) is 0 Å². The number of aromatic nitrogens is 1. The molecule has 0 fully saturated rings. The second-order valence-corrected chi connectivity index (χ2v) is 3.94. The number of carbonyl (C=O) groups excluding carboxylic acids is 1. The number of aromatic amines is 1. The molecule has 104 valence electrons. The van der Waals surface area contributed by atoms with Crippen LogP contribution in [0, 0.1) is 10.1 Å². The maximum absolute atomic E-state index is 11.9. The summed E-state index contributed by atoms with van der Waals surface area (Å²) < 4.78 is 5.04. The number of H-pyrrole nitrogens is 1. The van der Waals surface area contributed by atoms with E-state index in [2.05, 4.69) is 10.3 Å². The highest BCUT2D eigenvalue weighted by Gasteiger charge is 2.14. The number of hydrogen-bond acceptors (Lipinski definition) is 5. The summed E-state index contributed by atoms with van der Waals surface area (Å²) in [6.45, 7) is 0. The van der Waals surface area contributed by atoms with Gasteiger partial charge in [-0.25, -0.2) is 0 Å². The van der Waals surface area contributed by atoms with Crippen molar-refractivity contribution >= 4 is 23.0 Å². The van der Waals surface area contributed by atoms with Gasteiger partial charge in [-0.15, -0.1) is 0 Å². The smallest absolute Gasteiger partial charge is 0.287 e. The lowest BCUT2D eigenvalue weighted by molar-refractivity contribution is -0.384. The van der Waals surface area contributed by atoms with Gasteiger partial charge >= 0.3 is 0 Å². The molecular weight excluding hydrogens is 264 g/mol. The molecule has 0 radical (unpaired) electrons. The number of nitrogens with one attached hydrogen (secondary N) is 2. The number of rotatable bonds is 4. The number of nitrogens with zero attached hydrogens (tertiary/aromatic N) is 1. The van der Waals surface area contributed by atoms with E-state index in [1.54, 1.807) is 18.2 Å². The molecule has 2 aromatic rings. The van der Waals surface area contributed by atoms with Crippen molar-refractivity contribution in [3.05, 3.63) is 46.3 Å². The molecule has 1 amide bonds. The van der Waals surface area contributed by atoms with Gasteiger partial charge in [-0.05, 0) is 12.1 Å². The number of anilines is 2. The number of methoxy groups -OCH3 is 1. The molecule has 1 aromatic carbocycles. The summed E-state index contributed by atoms with van der Waals surface area (Å²) in [4.78, 5) is 24.4. The SMILES string of the molecule is COc1cc(NC(=O)c2cc([N+](=O)[O-])c[nH]2)ccc1N. The Morgan fingerprint density at radius 3 is 2.80 bits per heavy atom. The Bertz CT molecular complexity index is 665. The van der Waals surface area contributed by atoms with Crippen molar-refractivity contribution in [2.75, 3.05) is 18.2 Å². The van der Waals surface area contributed by atoms with E-state index in [9.17, 15) is 14.9 Å². The Labute approximate surface area is 113 Å². The molecule has 1 aromatic heterocycles. The Morgan fingerprint density at radius 1 is 1.45 bits per heavy atom. The zero-order valence-corrected chi connectivity index (χ0v) is 10.5. The van der Waals surface area contributed by atoms with Crippen LogP contribution in [0.1, 0.15) is 10.5 Å². The molecule has 0 spiro atoms. The third-order valence-electron chi connectivity index (χ3n) is 2.61. The monoisotopic (exact) mass is 276 g/mol. The van der Waals surface area contributed by atoms with Gasteiger partial charge in [0.05, 0.1) is 23.9 Å². The summed E-state index contributed by atoms with van der Waals surface area (Å²) in [5, 5.41) is 13.1. The average molecular weight is 276 g/mol. The van der Waals surface area contributed by atoms with E-state index in [-0.39, 0.29) is 11.4 Å². The molecular formula is C12H12N4O4. The van der Waals surface area contributed by atoms with Crippen molar-refractivity contribution in [2.24, 2.45) is 0 Å². The molecule has 0 aliphatic rings. The summed E-state index contributed by atoms with van der Waals surface area (Å²) in [6.07, 6.45) is 1.15. The number of benzene rings is 1. The molecule has 8 heteroatoms. The first-order chi connectivity index (χ1) is 9.51. The predicted octanol–water partition coefficient (Wildman–Crippen LogP) is 1.77. The number of nitro groups is 1. The minimum Gasteiger partial charge on any atom is -0.495 e. The quantitative estimate of drug-likeness (QED) is 0.446. The molecule has 0 atom stereocenters. The highest BCUT2D eigenvalue weighted by molar-refractivity contribution is 6.03. The van der Waals surface area contributed by atoms with E-state index in [1.807, 2.05) is 0 Å².